The molecule has 206 valence electrons. The summed E-state index contributed by atoms with van der Waals surface area (Å²) >= 11 is 0. The number of nitrogens with zero attached hydrogens (tertiary/aromatic N) is 2. The average Bonchev–Trinajstić information content (AvgIpc) is 3.21. The number of alkyl halides is 1. The van der Waals surface area contributed by atoms with Crippen molar-refractivity contribution in [2.24, 2.45) is 0 Å². The number of rotatable bonds is 13. The highest BCUT2D eigenvalue weighted by molar-refractivity contribution is 7.93. The lowest BCUT2D eigenvalue weighted by Gasteiger charge is -2.29. The van der Waals surface area contributed by atoms with Crippen LogP contribution >= 0.6 is 0 Å². The van der Waals surface area contributed by atoms with E-state index in [1.54, 1.807) is 50.2 Å². The normalized spacial score (nSPS) is 12.9. The van der Waals surface area contributed by atoms with Gasteiger partial charge in [0.2, 0.25) is 5.88 Å². The largest absolute Gasteiger partial charge is 0.374 e. The van der Waals surface area contributed by atoms with Crippen LogP contribution in [-0.2, 0) is 26.1 Å². The third kappa shape index (κ3) is 6.58. The van der Waals surface area contributed by atoms with Crippen LogP contribution in [0.25, 0.3) is 11.1 Å². The van der Waals surface area contributed by atoms with Crippen LogP contribution in [0.4, 0.5) is 10.3 Å². The van der Waals surface area contributed by atoms with Crippen molar-refractivity contribution >= 4 is 30.3 Å². The van der Waals surface area contributed by atoms with Crippen LogP contribution in [0.3, 0.4) is 0 Å². The highest BCUT2D eigenvalue weighted by atomic mass is 32.2. The van der Waals surface area contributed by atoms with E-state index in [1.165, 1.54) is 6.07 Å². The molecule has 3 rings (SSSR count). The summed E-state index contributed by atoms with van der Waals surface area (Å²) in [6.07, 6.45) is 0.693. The standard InChI is InChI=1S/C27H35FN2O6SSi/c1-19-20(2)29-36-27(19)30(18-35-21(3)38(4,5)6)37(32,33)26-10-8-7-9-25(26)24-12-11-22(16-31)15-23(24)17-34-14-13-28/h7-12,15-16,21H,13-14,17-18H2,1-6H3. The SMILES string of the molecule is Cc1noc(N(COC(C)[Si](C)(C)C)S(=O)(=O)c2ccccc2-c2ccc(C=O)cc2COCCF)c1C. The van der Waals surface area contributed by atoms with E-state index < -0.39 is 24.8 Å². The van der Waals surface area contributed by atoms with Crippen LogP contribution in [0, 0.1) is 13.8 Å². The highest BCUT2D eigenvalue weighted by Crippen LogP contribution is 2.36. The number of hydrogen-bond acceptors (Lipinski definition) is 7. The van der Waals surface area contributed by atoms with Crippen LogP contribution in [0.2, 0.25) is 19.6 Å². The molecule has 0 saturated heterocycles. The predicted octanol–water partition coefficient (Wildman–Crippen LogP) is 5.69. The number of carbonyl (C=O) groups excluding carboxylic acids is 1. The maximum absolute atomic E-state index is 14.3. The first kappa shape index (κ1) is 29.7. The Labute approximate surface area is 224 Å². The van der Waals surface area contributed by atoms with Crippen molar-refractivity contribution in [3.63, 3.8) is 0 Å². The maximum atomic E-state index is 14.3. The molecule has 8 nitrogen and oxygen atoms in total. The zero-order chi connectivity index (χ0) is 28.1. The lowest BCUT2D eigenvalue weighted by atomic mass is 9.98. The van der Waals surface area contributed by atoms with Gasteiger partial charge in [-0.2, -0.15) is 0 Å². The van der Waals surface area contributed by atoms with Gasteiger partial charge in [-0.05, 0) is 44.0 Å². The van der Waals surface area contributed by atoms with Crippen molar-refractivity contribution < 1.29 is 31.6 Å². The third-order valence-electron chi connectivity index (χ3n) is 6.51. The van der Waals surface area contributed by atoms with Crippen molar-refractivity contribution in [1.82, 2.24) is 5.16 Å². The lowest BCUT2D eigenvalue weighted by Crippen LogP contribution is -2.42. The van der Waals surface area contributed by atoms with E-state index in [4.69, 9.17) is 14.0 Å². The number of aldehydes is 1. The zero-order valence-electron chi connectivity index (χ0n) is 22.7. The van der Waals surface area contributed by atoms with Gasteiger partial charge in [0.05, 0.1) is 31.9 Å². The summed E-state index contributed by atoms with van der Waals surface area (Å²) in [5, 5.41) is 3.97. The van der Waals surface area contributed by atoms with Crippen LogP contribution in [0.15, 0.2) is 51.9 Å². The van der Waals surface area contributed by atoms with Gasteiger partial charge < -0.3 is 14.0 Å². The quantitative estimate of drug-likeness (QED) is 0.114. The van der Waals surface area contributed by atoms with Gasteiger partial charge in [0.1, 0.15) is 19.7 Å². The van der Waals surface area contributed by atoms with Gasteiger partial charge in [-0.1, -0.05) is 55.1 Å². The van der Waals surface area contributed by atoms with Gasteiger partial charge >= 0.3 is 0 Å². The molecule has 1 heterocycles. The smallest absolute Gasteiger partial charge is 0.269 e. The minimum absolute atomic E-state index is 0.0102. The molecule has 0 radical (unpaired) electrons. The summed E-state index contributed by atoms with van der Waals surface area (Å²) in [5.41, 5.74) is 2.95. The average molecular weight is 563 g/mol. The van der Waals surface area contributed by atoms with Crippen molar-refractivity contribution in [1.29, 1.82) is 0 Å². The van der Waals surface area contributed by atoms with E-state index in [-0.39, 0.29) is 36.5 Å². The molecule has 0 N–H and O–H groups in total. The van der Waals surface area contributed by atoms with Crippen LogP contribution < -0.4 is 4.31 Å². The second-order valence-corrected chi connectivity index (χ2v) is 17.5. The molecule has 0 saturated carbocycles. The number of carbonyl (C=O) groups is 1. The molecule has 11 heteroatoms. The summed E-state index contributed by atoms with van der Waals surface area (Å²) in [7, 11) is -5.95. The van der Waals surface area contributed by atoms with E-state index in [1.807, 2.05) is 6.92 Å². The van der Waals surface area contributed by atoms with Crippen molar-refractivity contribution in [3.8, 4) is 11.1 Å². The molecular formula is C27H35FN2O6SSi. The molecule has 1 aromatic heterocycles. The predicted molar refractivity (Wildman–Crippen MR) is 147 cm³/mol. The van der Waals surface area contributed by atoms with Crippen LogP contribution in [-0.4, -0.2) is 53.7 Å². The first-order chi connectivity index (χ1) is 17.9. The van der Waals surface area contributed by atoms with Gasteiger partial charge in [0.25, 0.3) is 10.0 Å². The summed E-state index contributed by atoms with van der Waals surface area (Å²) in [4.78, 5) is 11.4. The van der Waals surface area contributed by atoms with E-state index in [0.29, 0.717) is 39.8 Å². The molecule has 0 fully saturated rings. The Kier molecular flexibility index (Phi) is 9.63. The monoisotopic (exact) mass is 562 g/mol. The number of aryl methyl sites for hydroxylation is 1. The molecule has 38 heavy (non-hydrogen) atoms. The van der Waals surface area contributed by atoms with Gasteiger partial charge in [0, 0.05) is 22.4 Å². The Morgan fingerprint density at radius 2 is 1.84 bits per heavy atom. The number of ether oxygens (including phenoxy) is 2. The fourth-order valence-corrected chi connectivity index (χ4v) is 5.75. The zero-order valence-corrected chi connectivity index (χ0v) is 24.5. The molecule has 0 bridgehead atoms. The number of benzene rings is 2. The van der Waals surface area contributed by atoms with Crippen molar-refractivity contribution in [2.75, 3.05) is 24.3 Å². The number of anilines is 1. The van der Waals surface area contributed by atoms with Crippen molar-refractivity contribution in [3.05, 3.63) is 64.8 Å². The van der Waals surface area contributed by atoms with Gasteiger partial charge in [0.15, 0.2) is 0 Å². The molecule has 2 aromatic carbocycles. The molecular weight excluding hydrogens is 527 g/mol. The molecule has 1 atom stereocenters. The van der Waals surface area contributed by atoms with E-state index in [9.17, 15) is 17.6 Å². The fourth-order valence-electron chi connectivity index (χ4n) is 3.64. The molecule has 0 aliphatic heterocycles. The molecule has 0 spiro atoms. The van der Waals surface area contributed by atoms with E-state index >= 15 is 0 Å². The van der Waals surface area contributed by atoms with Gasteiger partial charge in [-0.15, -0.1) is 0 Å². The summed E-state index contributed by atoms with van der Waals surface area (Å²) in [6.45, 7) is 10.8. The van der Waals surface area contributed by atoms with Crippen LogP contribution in [0.5, 0.6) is 0 Å². The Bertz CT molecular complexity index is 1370. The Balaban J connectivity index is 2.15. The van der Waals surface area contributed by atoms with Gasteiger partial charge in [-0.3, -0.25) is 4.79 Å². The fraction of sp³-hybridized carbons (Fsp3) is 0.407. The lowest BCUT2D eigenvalue weighted by molar-refractivity contribution is 0.106. The molecule has 0 aliphatic rings. The summed E-state index contributed by atoms with van der Waals surface area (Å²) in [5.74, 6) is 0.0860. The summed E-state index contributed by atoms with van der Waals surface area (Å²) in [6, 6.07) is 11.4. The number of sulfonamides is 1. The van der Waals surface area contributed by atoms with Crippen LogP contribution in [0.1, 0.15) is 34.1 Å². The maximum Gasteiger partial charge on any atom is 0.269 e. The van der Waals surface area contributed by atoms with Crippen molar-refractivity contribution in [2.45, 2.75) is 57.6 Å². The third-order valence-corrected chi connectivity index (χ3v) is 10.9. The Hall–Kier alpha value is -2.86. The summed E-state index contributed by atoms with van der Waals surface area (Å²) < 4.78 is 59.3. The minimum Gasteiger partial charge on any atom is -0.374 e. The Morgan fingerprint density at radius 1 is 1.13 bits per heavy atom. The topological polar surface area (TPSA) is 98.9 Å². The molecule has 0 aliphatic carbocycles. The van der Waals surface area contributed by atoms with Gasteiger partial charge in [-0.25, -0.2) is 17.1 Å². The second kappa shape index (κ2) is 12.3. The molecule has 1 unspecified atom stereocenters. The first-order valence-electron chi connectivity index (χ1n) is 12.3. The minimum atomic E-state index is -4.22. The Morgan fingerprint density at radius 3 is 2.45 bits per heavy atom. The molecule has 3 aromatic rings. The van der Waals surface area contributed by atoms with E-state index in [0.717, 1.165) is 4.31 Å². The van der Waals surface area contributed by atoms with E-state index in [2.05, 4.69) is 24.8 Å². The molecule has 0 amide bonds. The number of aromatic nitrogens is 1. The first-order valence-corrected chi connectivity index (χ1v) is 17.3. The second-order valence-electron chi connectivity index (χ2n) is 10.1. The number of hydrogen-bond donors (Lipinski definition) is 0. The number of halogens is 1. The highest BCUT2D eigenvalue weighted by Gasteiger charge is 2.34.